The Balaban J connectivity index is 2.63. The number of fused-ring (bicyclic) bond motifs is 2. The molecule has 2 nitrogen and oxygen atoms in total. The van der Waals surface area contributed by atoms with Gasteiger partial charge < -0.3 is 9.84 Å². The minimum Gasteiger partial charge on any atom is -0.507 e. The van der Waals surface area contributed by atoms with Crippen LogP contribution < -0.4 is 4.74 Å². The van der Waals surface area contributed by atoms with Crippen LogP contribution in [0.5, 0.6) is 11.5 Å². The van der Waals surface area contributed by atoms with Gasteiger partial charge in [-0.15, -0.1) is 0 Å². The molecule has 3 rings (SSSR count). The van der Waals surface area contributed by atoms with Gasteiger partial charge in [0.05, 0.1) is 7.11 Å². The molecule has 0 radical (unpaired) electrons. The quantitative estimate of drug-likeness (QED) is 0.638. The summed E-state index contributed by atoms with van der Waals surface area (Å²) < 4.78 is 5.48. The first kappa shape index (κ1) is 9.97. The lowest BCUT2D eigenvalue weighted by Gasteiger charge is -2.11. The van der Waals surface area contributed by atoms with Crippen molar-refractivity contribution >= 4 is 21.5 Å². The molecule has 0 unspecified atom stereocenters. The number of rotatable bonds is 1. The van der Waals surface area contributed by atoms with Crippen molar-refractivity contribution in [2.75, 3.05) is 7.11 Å². The summed E-state index contributed by atoms with van der Waals surface area (Å²) in [4.78, 5) is 0. The van der Waals surface area contributed by atoms with E-state index >= 15 is 0 Å². The predicted molar refractivity (Wildman–Crippen MR) is 69.7 cm³/mol. The van der Waals surface area contributed by atoms with Crippen LogP contribution in [-0.4, -0.2) is 12.2 Å². The molecule has 0 aliphatic rings. The van der Waals surface area contributed by atoms with Gasteiger partial charge in [-0.2, -0.15) is 0 Å². The van der Waals surface area contributed by atoms with E-state index in [0.717, 1.165) is 27.3 Å². The van der Waals surface area contributed by atoms with Crippen LogP contribution in [0.25, 0.3) is 21.5 Å². The minimum absolute atomic E-state index is 0.317. The van der Waals surface area contributed by atoms with E-state index in [1.54, 1.807) is 7.11 Å². The number of aromatic hydroxyl groups is 1. The molecule has 3 aromatic rings. The van der Waals surface area contributed by atoms with Gasteiger partial charge in [0.25, 0.3) is 0 Å². The SMILES string of the molecule is COc1c2ccccc2c(O)c2ccccc12. The van der Waals surface area contributed by atoms with Crippen LogP contribution in [-0.2, 0) is 0 Å². The molecule has 0 saturated heterocycles. The first-order valence-electron chi connectivity index (χ1n) is 5.49. The fourth-order valence-corrected chi connectivity index (χ4v) is 2.29. The van der Waals surface area contributed by atoms with E-state index in [1.165, 1.54) is 0 Å². The van der Waals surface area contributed by atoms with Gasteiger partial charge in [0.2, 0.25) is 0 Å². The molecule has 0 aromatic heterocycles. The predicted octanol–water partition coefficient (Wildman–Crippen LogP) is 3.71. The largest absolute Gasteiger partial charge is 0.507 e. The average molecular weight is 224 g/mol. The molecule has 0 heterocycles. The Morgan fingerprint density at radius 1 is 0.765 bits per heavy atom. The van der Waals surface area contributed by atoms with E-state index in [0.29, 0.717) is 5.75 Å². The second kappa shape index (κ2) is 3.67. The standard InChI is InChI=1S/C15H12O2/c1-17-15-12-8-4-2-6-10(12)14(16)11-7-3-5-9-13(11)15/h2-9,16H,1H3. The van der Waals surface area contributed by atoms with E-state index < -0.39 is 0 Å². The minimum atomic E-state index is 0.317. The number of hydrogen-bond acceptors (Lipinski definition) is 2. The van der Waals surface area contributed by atoms with Crippen LogP contribution in [0.15, 0.2) is 48.5 Å². The van der Waals surface area contributed by atoms with E-state index in [4.69, 9.17) is 4.74 Å². The molecular weight excluding hydrogens is 212 g/mol. The molecule has 0 saturated carbocycles. The number of methoxy groups -OCH3 is 1. The maximum Gasteiger partial charge on any atom is 0.134 e. The van der Waals surface area contributed by atoms with E-state index in [1.807, 2.05) is 48.5 Å². The molecule has 1 N–H and O–H groups in total. The van der Waals surface area contributed by atoms with Gasteiger partial charge in [-0.3, -0.25) is 0 Å². The van der Waals surface area contributed by atoms with Gasteiger partial charge in [0, 0.05) is 21.5 Å². The Morgan fingerprint density at radius 2 is 1.18 bits per heavy atom. The first-order chi connectivity index (χ1) is 8.33. The van der Waals surface area contributed by atoms with Gasteiger partial charge in [0.15, 0.2) is 0 Å². The summed E-state index contributed by atoms with van der Waals surface area (Å²) >= 11 is 0. The van der Waals surface area contributed by atoms with Gasteiger partial charge in [-0.05, 0) is 0 Å². The summed E-state index contributed by atoms with van der Waals surface area (Å²) in [5.41, 5.74) is 0. The monoisotopic (exact) mass is 224 g/mol. The zero-order chi connectivity index (χ0) is 11.8. The number of hydrogen-bond donors (Lipinski definition) is 1. The zero-order valence-corrected chi connectivity index (χ0v) is 9.47. The summed E-state index contributed by atoms with van der Waals surface area (Å²) in [6, 6.07) is 15.4. The number of phenolic OH excluding ortho intramolecular Hbond substituents is 1. The smallest absolute Gasteiger partial charge is 0.134 e. The third kappa shape index (κ3) is 1.34. The Labute approximate surface area is 99.1 Å². The Kier molecular flexibility index (Phi) is 2.15. The van der Waals surface area contributed by atoms with Gasteiger partial charge in [0.1, 0.15) is 11.5 Å². The molecule has 0 aliphatic carbocycles. The highest BCUT2D eigenvalue weighted by Crippen LogP contribution is 2.41. The van der Waals surface area contributed by atoms with Crippen molar-refractivity contribution in [3.63, 3.8) is 0 Å². The molecule has 17 heavy (non-hydrogen) atoms. The molecule has 0 atom stereocenters. The van der Waals surface area contributed by atoms with Gasteiger partial charge in [-0.25, -0.2) is 0 Å². The fourth-order valence-electron chi connectivity index (χ4n) is 2.29. The summed E-state index contributed by atoms with van der Waals surface area (Å²) in [5.74, 6) is 1.13. The van der Waals surface area contributed by atoms with Crippen LogP contribution >= 0.6 is 0 Å². The second-order valence-electron chi connectivity index (χ2n) is 3.97. The van der Waals surface area contributed by atoms with E-state index in [-0.39, 0.29) is 0 Å². The zero-order valence-electron chi connectivity index (χ0n) is 9.47. The lowest BCUT2D eigenvalue weighted by atomic mass is 10.0. The van der Waals surface area contributed by atoms with Crippen molar-refractivity contribution in [2.45, 2.75) is 0 Å². The molecule has 0 aliphatic heterocycles. The van der Waals surface area contributed by atoms with E-state index in [2.05, 4.69) is 0 Å². The molecule has 2 heteroatoms. The van der Waals surface area contributed by atoms with Crippen LogP contribution in [0.2, 0.25) is 0 Å². The number of benzene rings is 3. The van der Waals surface area contributed by atoms with Crippen LogP contribution in [0, 0.1) is 0 Å². The summed E-state index contributed by atoms with van der Waals surface area (Å²) in [6.45, 7) is 0. The maximum atomic E-state index is 10.3. The molecule has 0 amide bonds. The van der Waals surface area contributed by atoms with Crippen LogP contribution in [0.1, 0.15) is 0 Å². The summed E-state index contributed by atoms with van der Waals surface area (Å²) in [5, 5.41) is 13.8. The highest BCUT2D eigenvalue weighted by molar-refractivity contribution is 6.10. The maximum absolute atomic E-state index is 10.3. The highest BCUT2D eigenvalue weighted by Gasteiger charge is 2.12. The van der Waals surface area contributed by atoms with Crippen molar-refractivity contribution in [3.05, 3.63) is 48.5 Å². The van der Waals surface area contributed by atoms with Gasteiger partial charge in [-0.1, -0.05) is 48.5 Å². The normalized spacial score (nSPS) is 10.9. The van der Waals surface area contributed by atoms with Crippen molar-refractivity contribution in [3.8, 4) is 11.5 Å². The second-order valence-corrected chi connectivity index (χ2v) is 3.97. The lowest BCUT2D eigenvalue weighted by molar-refractivity contribution is 0.424. The number of ether oxygens (including phenoxy) is 1. The van der Waals surface area contributed by atoms with Crippen molar-refractivity contribution < 1.29 is 9.84 Å². The Hall–Kier alpha value is -2.22. The average Bonchev–Trinajstić information content (AvgIpc) is 2.40. The Bertz CT molecular complexity index is 645. The summed E-state index contributed by atoms with van der Waals surface area (Å²) in [7, 11) is 1.66. The van der Waals surface area contributed by atoms with Crippen LogP contribution in [0.3, 0.4) is 0 Å². The van der Waals surface area contributed by atoms with E-state index in [9.17, 15) is 5.11 Å². The lowest BCUT2D eigenvalue weighted by Crippen LogP contribution is -1.88. The Morgan fingerprint density at radius 3 is 1.59 bits per heavy atom. The molecular formula is C15H12O2. The first-order valence-corrected chi connectivity index (χ1v) is 5.49. The van der Waals surface area contributed by atoms with Crippen molar-refractivity contribution in [2.24, 2.45) is 0 Å². The number of phenols is 1. The fraction of sp³-hybridized carbons (Fsp3) is 0.0667. The summed E-state index contributed by atoms with van der Waals surface area (Å²) in [6.07, 6.45) is 0. The van der Waals surface area contributed by atoms with Crippen LogP contribution in [0.4, 0.5) is 0 Å². The molecule has 0 bridgehead atoms. The van der Waals surface area contributed by atoms with Crippen molar-refractivity contribution in [1.29, 1.82) is 0 Å². The molecule has 0 fully saturated rings. The molecule has 84 valence electrons. The highest BCUT2D eigenvalue weighted by atomic mass is 16.5. The third-order valence-electron chi connectivity index (χ3n) is 3.06. The third-order valence-corrected chi connectivity index (χ3v) is 3.06. The van der Waals surface area contributed by atoms with Crippen molar-refractivity contribution in [1.82, 2.24) is 0 Å². The topological polar surface area (TPSA) is 29.5 Å². The van der Waals surface area contributed by atoms with Gasteiger partial charge >= 0.3 is 0 Å². The molecule has 3 aromatic carbocycles. The molecule has 0 spiro atoms.